The zero-order valence-electron chi connectivity index (χ0n) is 11.8. The van der Waals surface area contributed by atoms with Gasteiger partial charge in [0.25, 0.3) is 0 Å². The maximum Gasteiger partial charge on any atom is 0.227 e. The van der Waals surface area contributed by atoms with Crippen LogP contribution in [0.25, 0.3) is 0 Å². The van der Waals surface area contributed by atoms with E-state index in [9.17, 15) is 4.79 Å². The number of hydrogen-bond donors (Lipinski definition) is 2. The van der Waals surface area contributed by atoms with Crippen LogP contribution >= 0.6 is 11.8 Å². The quantitative estimate of drug-likeness (QED) is 0.568. The van der Waals surface area contributed by atoms with E-state index in [1.807, 2.05) is 32.0 Å². The minimum atomic E-state index is -0.391. The summed E-state index contributed by atoms with van der Waals surface area (Å²) < 4.78 is 0. The van der Waals surface area contributed by atoms with E-state index < -0.39 is 5.41 Å². The Morgan fingerprint density at radius 2 is 1.89 bits per heavy atom. The van der Waals surface area contributed by atoms with Crippen molar-refractivity contribution in [2.45, 2.75) is 31.6 Å². The number of thioether (sulfide) groups is 1. The fourth-order valence-electron chi connectivity index (χ4n) is 1.99. The monoisotopic (exact) mass is 280 g/mol. The van der Waals surface area contributed by atoms with E-state index in [1.165, 1.54) is 4.90 Å². The van der Waals surface area contributed by atoms with Gasteiger partial charge in [-0.2, -0.15) is 0 Å². The number of benzene rings is 1. The van der Waals surface area contributed by atoms with Gasteiger partial charge in [0.15, 0.2) is 0 Å². The van der Waals surface area contributed by atoms with Crippen molar-refractivity contribution in [3.05, 3.63) is 30.3 Å². The SMILES string of the molecule is CCC(CC)(CN)C(=O)NCCSc1ccccc1. The molecule has 19 heavy (non-hydrogen) atoms. The lowest BCUT2D eigenvalue weighted by Crippen LogP contribution is -2.45. The van der Waals surface area contributed by atoms with Gasteiger partial charge in [-0.3, -0.25) is 4.79 Å². The van der Waals surface area contributed by atoms with Crippen LogP contribution in [-0.4, -0.2) is 24.7 Å². The van der Waals surface area contributed by atoms with Crippen LogP contribution in [0.2, 0.25) is 0 Å². The summed E-state index contributed by atoms with van der Waals surface area (Å²) in [5, 5.41) is 3.01. The zero-order valence-corrected chi connectivity index (χ0v) is 12.6. The number of carbonyl (C=O) groups is 1. The van der Waals surface area contributed by atoms with Crippen LogP contribution in [0.15, 0.2) is 35.2 Å². The summed E-state index contributed by atoms with van der Waals surface area (Å²) in [5.74, 6) is 0.970. The molecule has 1 aromatic rings. The number of hydrogen-bond acceptors (Lipinski definition) is 3. The Balaban J connectivity index is 2.34. The van der Waals surface area contributed by atoms with E-state index in [-0.39, 0.29) is 5.91 Å². The molecule has 0 saturated heterocycles. The van der Waals surface area contributed by atoms with E-state index in [4.69, 9.17) is 5.73 Å². The second kappa shape index (κ2) is 8.23. The highest BCUT2D eigenvalue weighted by Gasteiger charge is 2.32. The van der Waals surface area contributed by atoms with E-state index in [1.54, 1.807) is 11.8 Å². The second-order valence-electron chi connectivity index (χ2n) is 4.61. The van der Waals surface area contributed by atoms with Crippen LogP contribution in [0.5, 0.6) is 0 Å². The van der Waals surface area contributed by atoms with Gasteiger partial charge in [0.05, 0.1) is 5.41 Å². The molecule has 1 aromatic carbocycles. The summed E-state index contributed by atoms with van der Waals surface area (Å²) in [5.41, 5.74) is 5.37. The molecule has 1 rings (SSSR count). The van der Waals surface area contributed by atoms with Gasteiger partial charge in [0, 0.05) is 23.7 Å². The van der Waals surface area contributed by atoms with Gasteiger partial charge in [-0.15, -0.1) is 11.8 Å². The number of amides is 1. The predicted molar refractivity (Wildman–Crippen MR) is 82.2 cm³/mol. The van der Waals surface area contributed by atoms with Crippen molar-refractivity contribution in [2.75, 3.05) is 18.8 Å². The molecule has 0 aliphatic rings. The normalized spacial score (nSPS) is 11.3. The Hall–Kier alpha value is -1.00. The molecule has 3 N–H and O–H groups in total. The third-order valence-electron chi connectivity index (χ3n) is 3.63. The molecular weight excluding hydrogens is 256 g/mol. The fraction of sp³-hybridized carbons (Fsp3) is 0.533. The second-order valence-corrected chi connectivity index (χ2v) is 5.78. The van der Waals surface area contributed by atoms with Crippen molar-refractivity contribution in [3.8, 4) is 0 Å². The van der Waals surface area contributed by atoms with Crippen LogP contribution in [-0.2, 0) is 4.79 Å². The Labute approximate surface area is 120 Å². The molecule has 0 bridgehead atoms. The van der Waals surface area contributed by atoms with Crippen molar-refractivity contribution in [1.82, 2.24) is 5.32 Å². The number of nitrogens with one attached hydrogen (secondary N) is 1. The van der Waals surface area contributed by atoms with Gasteiger partial charge < -0.3 is 11.1 Å². The molecule has 0 atom stereocenters. The van der Waals surface area contributed by atoms with Gasteiger partial charge in [-0.25, -0.2) is 0 Å². The first-order chi connectivity index (χ1) is 9.18. The summed E-state index contributed by atoms with van der Waals surface area (Å²) in [6.45, 7) is 5.14. The van der Waals surface area contributed by atoms with Crippen molar-refractivity contribution in [3.63, 3.8) is 0 Å². The molecule has 0 aromatic heterocycles. The largest absolute Gasteiger partial charge is 0.355 e. The van der Waals surface area contributed by atoms with Crippen LogP contribution in [0.3, 0.4) is 0 Å². The highest BCUT2D eigenvalue weighted by atomic mass is 32.2. The first-order valence-electron chi connectivity index (χ1n) is 6.84. The molecule has 3 nitrogen and oxygen atoms in total. The molecule has 0 heterocycles. The molecule has 0 spiro atoms. The summed E-state index contributed by atoms with van der Waals surface area (Å²) >= 11 is 1.75. The average molecular weight is 280 g/mol. The number of rotatable bonds is 8. The molecule has 1 amide bonds. The topological polar surface area (TPSA) is 55.1 Å². The molecule has 0 fully saturated rings. The zero-order chi connectivity index (χ0) is 14.1. The van der Waals surface area contributed by atoms with Gasteiger partial charge >= 0.3 is 0 Å². The average Bonchev–Trinajstić information content (AvgIpc) is 2.47. The summed E-state index contributed by atoms with van der Waals surface area (Å²) in [4.78, 5) is 13.4. The first-order valence-corrected chi connectivity index (χ1v) is 7.83. The molecule has 0 radical (unpaired) electrons. The minimum Gasteiger partial charge on any atom is -0.355 e. The lowest BCUT2D eigenvalue weighted by Gasteiger charge is -2.28. The van der Waals surface area contributed by atoms with Crippen molar-refractivity contribution in [2.24, 2.45) is 11.1 Å². The number of carbonyl (C=O) groups excluding carboxylic acids is 1. The molecule has 106 valence electrons. The number of nitrogens with two attached hydrogens (primary N) is 1. The standard InChI is InChI=1S/C15H24N2OS/c1-3-15(4-2,12-16)14(18)17-10-11-19-13-8-6-5-7-9-13/h5-9H,3-4,10-12,16H2,1-2H3,(H,17,18). The molecular formula is C15H24N2OS. The Kier molecular flexibility index (Phi) is 6.95. The lowest BCUT2D eigenvalue weighted by molar-refractivity contribution is -0.130. The van der Waals surface area contributed by atoms with Gasteiger partial charge in [-0.05, 0) is 25.0 Å². The van der Waals surface area contributed by atoms with Gasteiger partial charge in [0.2, 0.25) is 5.91 Å². The molecule has 0 aliphatic carbocycles. The van der Waals surface area contributed by atoms with Gasteiger partial charge in [0.1, 0.15) is 0 Å². The predicted octanol–water partition coefficient (Wildman–Crippen LogP) is 2.66. The Morgan fingerprint density at radius 3 is 2.42 bits per heavy atom. The smallest absolute Gasteiger partial charge is 0.227 e. The lowest BCUT2D eigenvalue weighted by atomic mass is 9.81. The van der Waals surface area contributed by atoms with E-state index in [0.29, 0.717) is 13.1 Å². The maximum atomic E-state index is 12.2. The minimum absolute atomic E-state index is 0.0914. The highest BCUT2D eigenvalue weighted by molar-refractivity contribution is 7.99. The van der Waals surface area contributed by atoms with Crippen LogP contribution in [0.1, 0.15) is 26.7 Å². The van der Waals surface area contributed by atoms with Crippen LogP contribution in [0.4, 0.5) is 0 Å². The fourth-order valence-corrected chi connectivity index (χ4v) is 2.78. The van der Waals surface area contributed by atoms with Gasteiger partial charge in [-0.1, -0.05) is 32.0 Å². The van der Waals surface area contributed by atoms with Crippen molar-refractivity contribution in [1.29, 1.82) is 0 Å². The Bertz CT molecular complexity index is 369. The first kappa shape index (κ1) is 16.1. The Morgan fingerprint density at radius 1 is 1.26 bits per heavy atom. The van der Waals surface area contributed by atoms with Crippen LogP contribution in [0, 0.1) is 5.41 Å². The third kappa shape index (κ3) is 4.55. The van der Waals surface area contributed by atoms with E-state index in [2.05, 4.69) is 17.4 Å². The summed E-state index contributed by atoms with van der Waals surface area (Å²) in [6.07, 6.45) is 1.58. The summed E-state index contributed by atoms with van der Waals surface area (Å²) in [6, 6.07) is 10.2. The van der Waals surface area contributed by atoms with Crippen molar-refractivity contribution >= 4 is 17.7 Å². The molecule has 0 aliphatic heterocycles. The molecule has 4 heteroatoms. The van der Waals surface area contributed by atoms with E-state index >= 15 is 0 Å². The van der Waals surface area contributed by atoms with E-state index in [0.717, 1.165) is 18.6 Å². The van der Waals surface area contributed by atoms with Crippen molar-refractivity contribution < 1.29 is 4.79 Å². The third-order valence-corrected chi connectivity index (χ3v) is 4.64. The van der Waals surface area contributed by atoms with Crippen LogP contribution < -0.4 is 11.1 Å². The maximum absolute atomic E-state index is 12.2. The molecule has 0 unspecified atom stereocenters. The highest BCUT2D eigenvalue weighted by Crippen LogP contribution is 2.25. The summed E-state index contributed by atoms with van der Waals surface area (Å²) in [7, 11) is 0. The molecule has 0 saturated carbocycles.